The van der Waals surface area contributed by atoms with E-state index in [9.17, 15) is 0 Å². The van der Waals surface area contributed by atoms with Crippen molar-refractivity contribution in [2.75, 3.05) is 6.54 Å². The maximum Gasteiger partial charge on any atom is 0.0576 e. The maximum atomic E-state index is 4.63. The lowest BCUT2D eigenvalue weighted by Gasteiger charge is -2.17. The second-order valence-electron chi connectivity index (χ2n) is 4.43. The van der Waals surface area contributed by atoms with E-state index in [1.807, 2.05) is 24.3 Å². The molecule has 1 atom stereocenters. The second-order valence-corrected chi connectivity index (χ2v) is 5.46. The van der Waals surface area contributed by atoms with Gasteiger partial charge in [0.15, 0.2) is 0 Å². The van der Waals surface area contributed by atoms with Gasteiger partial charge in [0, 0.05) is 16.6 Å². The van der Waals surface area contributed by atoms with Crippen molar-refractivity contribution >= 4 is 11.3 Å². The molecule has 0 aromatic carbocycles. The van der Waals surface area contributed by atoms with Crippen LogP contribution in [0.15, 0.2) is 35.7 Å². The Bertz CT molecular complexity index is 465. The SMILES string of the molecule is CCNC(CCc1cccs1)c1cccc(C)n1. The van der Waals surface area contributed by atoms with E-state index >= 15 is 0 Å². The summed E-state index contributed by atoms with van der Waals surface area (Å²) in [6.07, 6.45) is 2.22. The third-order valence-corrected chi connectivity index (χ3v) is 3.91. The van der Waals surface area contributed by atoms with Crippen LogP contribution >= 0.6 is 11.3 Å². The lowest BCUT2D eigenvalue weighted by molar-refractivity contribution is 0.504. The zero-order valence-electron chi connectivity index (χ0n) is 11.0. The molecule has 96 valence electrons. The van der Waals surface area contributed by atoms with Gasteiger partial charge < -0.3 is 5.32 Å². The highest BCUT2D eigenvalue weighted by molar-refractivity contribution is 7.09. The van der Waals surface area contributed by atoms with Crippen molar-refractivity contribution in [2.45, 2.75) is 32.7 Å². The molecule has 0 saturated heterocycles. The van der Waals surface area contributed by atoms with Crippen LogP contribution in [-0.2, 0) is 6.42 Å². The first-order valence-corrected chi connectivity index (χ1v) is 7.37. The summed E-state index contributed by atoms with van der Waals surface area (Å²) in [6, 6.07) is 10.9. The molecule has 0 radical (unpaired) electrons. The van der Waals surface area contributed by atoms with Gasteiger partial charge in [-0.1, -0.05) is 19.1 Å². The predicted octanol–water partition coefficient (Wildman–Crippen LogP) is 3.73. The molecule has 0 aliphatic carbocycles. The molecule has 0 spiro atoms. The van der Waals surface area contributed by atoms with Crippen LogP contribution in [0.2, 0.25) is 0 Å². The first kappa shape index (κ1) is 13.2. The van der Waals surface area contributed by atoms with Crippen molar-refractivity contribution < 1.29 is 0 Å². The molecule has 2 aromatic heterocycles. The number of hydrogen-bond acceptors (Lipinski definition) is 3. The summed E-state index contributed by atoms with van der Waals surface area (Å²) < 4.78 is 0. The first-order chi connectivity index (χ1) is 8.79. The van der Waals surface area contributed by atoms with Crippen molar-refractivity contribution in [1.82, 2.24) is 10.3 Å². The molecule has 1 N–H and O–H groups in total. The zero-order chi connectivity index (χ0) is 12.8. The van der Waals surface area contributed by atoms with Crippen LogP contribution in [0.4, 0.5) is 0 Å². The average Bonchev–Trinajstić information content (AvgIpc) is 2.87. The van der Waals surface area contributed by atoms with Gasteiger partial charge in [0.1, 0.15) is 0 Å². The second kappa shape index (κ2) is 6.66. The van der Waals surface area contributed by atoms with Gasteiger partial charge in [-0.05, 0) is 49.9 Å². The summed E-state index contributed by atoms with van der Waals surface area (Å²) in [5.74, 6) is 0. The normalized spacial score (nSPS) is 12.6. The minimum absolute atomic E-state index is 0.358. The van der Waals surface area contributed by atoms with Crippen LogP contribution in [-0.4, -0.2) is 11.5 Å². The summed E-state index contributed by atoms with van der Waals surface area (Å²) in [5, 5.41) is 5.67. The Labute approximate surface area is 113 Å². The molecule has 0 bridgehead atoms. The molecule has 0 aliphatic heterocycles. The molecular formula is C15H20N2S. The van der Waals surface area contributed by atoms with Gasteiger partial charge in [0.05, 0.1) is 5.69 Å². The third-order valence-electron chi connectivity index (χ3n) is 2.98. The van der Waals surface area contributed by atoms with Crippen LogP contribution in [0.1, 0.15) is 35.7 Å². The molecule has 0 fully saturated rings. The van der Waals surface area contributed by atoms with E-state index in [4.69, 9.17) is 0 Å². The Balaban J connectivity index is 2.03. The molecule has 3 heteroatoms. The largest absolute Gasteiger partial charge is 0.309 e. The number of hydrogen-bond donors (Lipinski definition) is 1. The van der Waals surface area contributed by atoms with Crippen molar-refractivity contribution in [1.29, 1.82) is 0 Å². The molecule has 2 aromatic rings. The van der Waals surface area contributed by atoms with Crippen LogP contribution in [0.5, 0.6) is 0 Å². The van der Waals surface area contributed by atoms with E-state index in [1.165, 1.54) is 4.88 Å². The van der Waals surface area contributed by atoms with Gasteiger partial charge in [0.25, 0.3) is 0 Å². The van der Waals surface area contributed by atoms with Gasteiger partial charge in [-0.2, -0.15) is 0 Å². The van der Waals surface area contributed by atoms with Gasteiger partial charge in [0.2, 0.25) is 0 Å². The lowest BCUT2D eigenvalue weighted by atomic mass is 10.1. The van der Waals surface area contributed by atoms with E-state index < -0.39 is 0 Å². The molecular weight excluding hydrogens is 240 g/mol. The highest BCUT2D eigenvalue weighted by Gasteiger charge is 2.12. The molecule has 2 heterocycles. The minimum Gasteiger partial charge on any atom is -0.309 e. The minimum atomic E-state index is 0.358. The molecule has 2 rings (SSSR count). The summed E-state index contributed by atoms with van der Waals surface area (Å²) in [5.41, 5.74) is 2.25. The van der Waals surface area contributed by atoms with Gasteiger partial charge in [-0.3, -0.25) is 4.98 Å². The predicted molar refractivity (Wildman–Crippen MR) is 78.0 cm³/mol. The number of aromatic nitrogens is 1. The summed E-state index contributed by atoms with van der Waals surface area (Å²) >= 11 is 1.83. The van der Waals surface area contributed by atoms with E-state index in [-0.39, 0.29) is 0 Å². The smallest absolute Gasteiger partial charge is 0.0576 e. The van der Waals surface area contributed by atoms with Crippen molar-refractivity contribution in [3.63, 3.8) is 0 Å². The number of aryl methyl sites for hydroxylation is 2. The van der Waals surface area contributed by atoms with Crippen LogP contribution in [0.3, 0.4) is 0 Å². The van der Waals surface area contributed by atoms with Crippen molar-refractivity contribution in [3.05, 3.63) is 52.0 Å². The topological polar surface area (TPSA) is 24.9 Å². The van der Waals surface area contributed by atoms with Gasteiger partial charge >= 0.3 is 0 Å². The summed E-state index contributed by atoms with van der Waals surface area (Å²) in [4.78, 5) is 6.08. The summed E-state index contributed by atoms with van der Waals surface area (Å²) in [7, 11) is 0. The number of pyridine rings is 1. The van der Waals surface area contributed by atoms with E-state index in [0.29, 0.717) is 6.04 Å². The average molecular weight is 260 g/mol. The fourth-order valence-electron chi connectivity index (χ4n) is 2.10. The number of nitrogens with zero attached hydrogens (tertiary/aromatic N) is 1. The first-order valence-electron chi connectivity index (χ1n) is 6.49. The molecule has 0 saturated carbocycles. The monoisotopic (exact) mass is 260 g/mol. The Morgan fingerprint density at radius 3 is 2.83 bits per heavy atom. The zero-order valence-corrected chi connectivity index (χ0v) is 11.8. The number of nitrogens with one attached hydrogen (secondary N) is 1. The van der Waals surface area contributed by atoms with E-state index in [0.717, 1.165) is 30.8 Å². The van der Waals surface area contributed by atoms with Crippen LogP contribution < -0.4 is 5.32 Å². The van der Waals surface area contributed by atoms with Crippen molar-refractivity contribution in [2.24, 2.45) is 0 Å². The fraction of sp³-hybridized carbons (Fsp3) is 0.400. The number of thiophene rings is 1. The van der Waals surface area contributed by atoms with Crippen LogP contribution in [0, 0.1) is 6.92 Å². The molecule has 0 aliphatic rings. The highest BCUT2D eigenvalue weighted by Crippen LogP contribution is 2.20. The molecule has 18 heavy (non-hydrogen) atoms. The Morgan fingerprint density at radius 2 is 2.17 bits per heavy atom. The van der Waals surface area contributed by atoms with Crippen LogP contribution in [0.25, 0.3) is 0 Å². The molecule has 0 amide bonds. The highest BCUT2D eigenvalue weighted by atomic mass is 32.1. The Morgan fingerprint density at radius 1 is 1.28 bits per heavy atom. The summed E-state index contributed by atoms with van der Waals surface area (Å²) in [6.45, 7) is 5.17. The standard InChI is InChI=1S/C15H20N2S/c1-3-16-14(10-9-13-7-5-11-18-13)15-8-4-6-12(2)17-15/h4-8,11,14,16H,3,9-10H2,1-2H3. The Hall–Kier alpha value is -1.19. The van der Waals surface area contributed by atoms with Crippen molar-refractivity contribution in [3.8, 4) is 0 Å². The fourth-order valence-corrected chi connectivity index (χ4v) is 2.83. The molecule has 2 nitrogen and oxygen atoms in total. The Kier molecular flexibility index (Phi) is 4.90. The van der Waals surface area contributed by atoms with Gasteiger partial charge in [-0.15, -0.1) is 11.3 Å². The van der Waals surface area contributed by atoms with E-state index in [2.05, 4.69) is 46.9 Å². The van der Waals surface area contributed by atoms with Gasteiger partial charge in [-0.25, -0.2) is 0 Å². The van der Waals surface area contributed by atoms with E-state index in [1.54, 1.807) is 0 Å². The maximum absolute atomic E-state index is 4.63. The number of rotatable bonds is 6. The lowest BCUT2D eigenvalue weighted by Crippen LogP contribution is -2.22. The third kappa shape index (κ3) is 3.65. The molecule has 1 unspecified atom stereocenters. The quantitative estimate of drug-likeness (QED) is 0.856.